The van der Waals surface area contributed by atoms with Gasteiger partial charge in [-0.15, -0.1) is 0 Å². The van der Waals surface area contributed by atoms with Gasteiger partial charge in [0.2, 0.25) is 0 Å². The number of alkyl carbamates (subject to hydrolysis) is 1. The summed E-state index contributed by atoms with van der Waals surface area (Å²) >= 11 is 0. The molecule has 0 unspecified atom stereocenters. The molecule has 6 heteroatoms. The second kappa shape index (κ2) is 9.90. The Morgan fingerprint density at radius 2 is 1.50 bits per heavy atom. The van der Waals surface area contributed by atoms with Crippen molar-refractivity contribution in [3.63, 3.8) is 0 Å². The van der Waals surface area contributed by atoms with Crippen LogP contribution in [0.2, 0.25) is 0 Å². The molecule has 1 aliphatic rings. The fourth-order valence-corrected chi connectivity index (χ4v) is 5.37. The summed E-state index contributed by atoms with van der Waals surface area (Å²) < 4.78 is 5.57. The Morgan fingerprint density at radius 3 is 2.18 bits per heavy atom. The van der Waals surface area contributed by atoms with Gasteiger partial charge < -0.3 is 20.1 Å². The van der Waals surface area contributed by atoms with E-state index in [-0.39, 0.29) is 18.9 Å². The standard InChI is InChI=1S/C32H26N2O4/c35-31(36)30(17-22-18-33-29-16-21(14-15-23(22)29)20-8-2-1-3-9-20)34-32(37)38-19-28-26-12-6-4-10-24(26)25-11-5-7-13-27(25)28/h1-16,18,28,30,33H,17,19H2,(H,34,37)(H,35,36)/t30-/m0/s1. The number of hydrogen-bond donors (Lipinski definition) is 3. The highest BCUT2D eigenvalue weighted by atomic mass is 16.5. The lowest BCUT2D eigenvalue weighted by Gasteiger charge is -2.17. The van der Waals surface area contributed by atoms with E-state index in [1.54, 1.807) is 6.20 Å². The topological polar surface area (TPSA) is 91.4 Å². The molecule has 0 aliphatic heterocycles. The van der Waals surface area contributed by atoms with Crippen LogP contribution >= 0.6 is 0 Å². The van der Waals surface area contributed by atoms with Crippen LogP contribution in [0.25, 0.3) is 33.2 Å². The first kappa shape index (κ1) is 23.6. The number of rotatable bonds is 7. The Bertz CT molecular complexity index is 1590. The SMILES string of the molecule is O=C(N[C@@H](Cc1c[nH]c2cc(-c3ccccc3)ccc12)C(=O)O)OCC1c2ccccc2-c2ccccc21. The van der Waals surface area contributed by atoms with Gasteiger partial charge in [-0.2, -0.15) is 0 Å². The van der Waals surface area contributed by atoms with Gasteiger partial charge in [-0.05, 0) is 45.0 Å². The minimum atomic E-state index is -1.13. The van der Waals surface area contributed by atoms with E-state index in [0.29, 0.717) is 0 Å². The lowest BCUT2D eigenvalue weighted by molar-refractivity contribution is -0.139. The molecule has 6 rings (SSSR count). The monoisotopic (exact) mass is 502 g/mol. The zero-order chi connectivity index (χ0) is 26.1. The van der Waals surface area contributed by atoms with Gasteiger partial charge in [0.25, 0.3) is 0 Å². The number of nitrogens with one attached hydrogen (secondary N) is 2. The van der Waals surface area contributed by atoms with E-state index < -0.39 is 18.1 Å². The van der Waals surface area contributed by atoms with Crippen molar-refractivity contribution in [2.45, 2.75) is 18.4 Å². The number of carboxylic acid groups (broad SMARTS) is 1. The molecule has 6 nitrogen and oxygen atoms in total. The fourth-order valence-electron chi connectivity index (χ4n) is 5.37. The second-order valence-electron chi connectivity index (χ2n) is 9.51. The number of ether oxygens (including phenoxy) is 1. The van der Waals surface area contributed by atoms with E-state index in [2.05, 4.69) is 22.4 Å². The third-order valence-corrected chi connectivity index (χ3v) is 7.23. The Labute approximate surface area is 219 Å². The maximum Gasteiger partial charge on any atom is 0.407 e. The third-order valence-electron chi connectivity index (χ3n) is 7.23. The molecule has 0 spiro atoms. The van der Waals surface area contributed by atoms with Crippen LogP contribution in [0.1, 0.15) is 22.6 Å². The van der Waals surface area contributed by atoms with Gasteiger partial charge in [-0.25, -0.2) is 9.59 Å². The van der Waals surface area contributed by atoms with Crippen molar-refractivity contribution >= 4 is 23.0 Å². The molecule has 0 radical (unpaired) electrons. The molecule has 0 saturated heterocycles. The summed E-state index contributed by atoms with van der Waals surface area (Å²) in [6.45, 7) is 0.127. The highest BCUT2D eigenvalue weighted by Crippen LogP contribution is 2.44. The molecule has 0 fully saturated rings. The first-order chi connectivity index (χ1) is 18.6. The van der Waals surface area contributed by atoms with Crippen LogP contribution in [0.3, 0.4) is 0 Å². The van der Waals surface area contributed by atoms with Gasteiger partial charge in [0.1, 0.15) is 12.6 Å². The summed E-state index contributed by atoms with van der Waals surface area (Å²) in [5.41, 5.74) is 8.36. The minimum absolute atomic E-state index is 0.0937. The van der Waals surface area contributed by atoms with Gasteiger partial charge in [-0.1, -0.05) is 91.0 Å². The van der Waals surface area contributed by atoms with Gasteiger partial charge in [0, 0.05) is 29.4 Å². The predicted octanol–water partition coefficient (Wildman–Crippen LogP) is 6.37. The number of aliphatic carboxylic acids is 1. The highest BCUT2D eigenvalue weighted by Gasteiger charge is 2.30. The summed E-state index contributed by atoms with van der Waals surface area (Å²) in [7, 11) is 0. The number of amides is 1. The zero-order valence-electron chi connectivity index (χ0n) is 20.6. The van der Waals surface area contributed by atoms with E-state index in [1.807, 2.05) is 84.9 Å². The first-order valence-corrected chi connectivity index (χ1v) is 12.6. The first-order valence-electron chi connectivity index (χ1n) is 12.6. The van der Waals surface area contributed by atoms with Crippen molar-refractivity contribution in [3.8, 4) is 22.3 Å². The Morgan fingerprint density at radius 1 is 0.842 bits per heavy atom. The Balaban J connectivity index is 1.15. The number of aromatic nitrogens is 1. The molecule has 3 N–H and O–H groups in total. The van der Waals surface area contributed by atoms with E-state index in [9.17, 15) is 14.7 Å². The average molecular weight is 503 g/mol. The predicted molar refractivity (Wildman–Crippen MR) is 147 cm³/mol. The number of carbonyl (C=O) groups excluding carboxylic acids is 1. The van der Waals surface area contributed by atoms with Crippen molar-refractivity contribution < 1.29 is 19.4 Å². The van der Waals surface area contributed by atoms with Crippen LogP contribution in [-0.4, -0.2) is 34.8 Å². The van der Waals surface area contributed by atoms with Crippen LogP contribution in [-0.2, 0) is 16.0 Å². The fraction of sp³-hybridized carbons (Fsp3) is 0.125. The molecule has 1 heterocycles. The molecular weight excluding hydrogens is 476 g/mol. The Kier molecular flexibility index (Phi) is 6.14. The van der Waals surface area contributed by atoms with Crippen molar-refractivity contribution in [1.29, 1.82) is 0 Å². The summed E-state index contributed by atoms with van der Waals surface area (Å²) in [6, 6.07) is 31.1. The van der Waals surface area contributed by atoms with Crippen LogP contribution in [0.15, 0.2) is 103 Å². The summed E-state index contributed by atoms with van der Waals surface area (Å²) in [5, 5.41) is 13.3. The van der Waals surface area contributed by atoms with Gasteiger partial charge in [0.15, 0.2) is 0 Å². The van der Waals surface area contributed by atoms with Crippen LogP contribution < -0.4 is 5.32 Å². The molecule has 38 heavy (non-hydrogen) atoms. The number of benzene rings is 4. The van der Waals surface area contributed by atoms with E-state index in [4.69, 9.17) is 4.74 Å². The van der Waals surface area contributed by atoms with Crippen LogP contribution in [0, 0.1) is 0 Å². The molecule has 188 valence electrons. The maximum absolute atomic E-state index is 12.7. The lowest BCUT2D eigenvalue weighted by atomic mass is 9.98. The maximum atomic E-state index is 12.7. The van der Waals surface area contributed by atoms with Crippen molar-refractivity contribution in [1.82, 2.24) is 10.3 Å². The smallest absolute Gasteiger partial charge is 0.407 e. The molecule has 1 amide bonds. The molecule has 0 saturated carbocycles. The van der Waals surface area contributed by atoms with Gasteiger partial charge >= 0.3 is 12.1 Å². The summed E-state index contributed by atoms with van der Waals surface area (Å²) in [6.07, 6.45) is 1.18. The molecule has 5 aromatic rings. The van der Waals surface area contributed by atoms with Crippen molar-refractivity contribution in [2.24, 2.45) is 0 Å². The van der Waals surface area contributed by atoms with Crippen LogP contribution in [0.4, 0.5) is 4.79 Å². The summed E-state index contributed by atoms with van der Waals surface area (Å²) in [4.78, 5) is 28.0. The number of carboxylic acids is 1. The van der Waals surface area contributed by atoms with Crippen molar-refractivity contribution in [2.75, 3.05) is 6.61 Å². The van der Waals surface area contributed by atoms with Gasteiger partial charge in [0.05, 0.1) is 0 Å². The largest absolute Gasteiger partial charge is 0.480 e. The number of H-pyrrole nitrogens is 1. The van der Waals surface area contributed by atoms with Gasteiger partial charge in [-0.3, -0.25) is 0 Å². The number of carbonyl (C=O) groups is 2. The zero-order valence-corrected chi connectivity index (χ0v) is 20.6. The number of fused-ring (bicyclic) bond motifs is 4. The molecule has 1 aromatic heterocycles. The lowest BCUT2D eigenvalue weighted by Crippen LogP contribution is -2.42. The molecular formula is C32H26N2O4. The minimum Gasteiger partial charge on any atom is -0.480 e. The number of hydrogen-bond acceptors (Lipinski definition) is 3. The Hall–Kier alpha value is -4.84. The average Bonchev–Trinajstić information content (AvgIpc) is 3.50. The number of aromatic amines is 1. The molecule has 1 atom stereocenters. The molecule has 0 bridgehead atoms. The molecule has 4 aromatic carbocycles. The third kappa shape index (κ3) is 4.41. The highest BCUT2D eigenvalue weighted by molar-refractivity contribution is 5.89. The molecule has 1 aliphatic carbocycles. The van der Waals surface area contributed by atoms with Crippen molar-refractivity contribution in [3.05, 3.63) is 120 Å². The van der Waals surface area contributed by atoms with E-state index >= 15 is 0 Å². The normalized spacial score (nSPS) is 13.1. The second-order valence-corrected chi connectivity index (χ2v) is 9.51. The van der Waals surface area contributed by atoms with Crippen LogP contribution in [0.5, 0.6) is 0 Å². The van der Waals surface area contributed by atoms with E-state index in [0.717, 1.165) is 49.8 Å². The quantitative estimate of drug-likeness (QED) is 0.241. The van der Waals surface area contributed by atoms with E-state index in [1.165, 1.54) is 0 Å². The summed E-state index contributed by atoms with van der Waals surface area (Å²) in [5.74, 6) is -1.21.